The zero-order chi connectivity index (χ0) is 14.1. The van der Waals surface area contributed by atoms with Crippen molar-refractivity contribution >= 4 is 17.3 Å². The van der Waals surface area contributed by atoms with Gasteiger partial charge in [0.1, 0.15) is 5.82 Å². The van der Waals surface area contributed by atoms with Crippen LogP contribution in [-0.2, 0) is 17.8 Å². The molecule has 2 aromatic carbocycles. The van der Waals surface area contributed by atoms with Crippen molar-refractivity contribution in [2.45, 2.75) is 19.4 Å². The second kappa shape index (κ2) is 4.96. The van der Waals surface area contributed by atoms with Crippen molar-refractivity contribution < 1.29 is 9.18 Å². The fourth-order valence-electron chi connectivity index (χ4n) is 2.55. The van der Waals surface area contributed by atoms with E-state index in [2.05, 4.69) is 0 Å². The fourth-order valence-corrected chi connectivity index (χ4v) is 2.55. The molecule has 1 amide bonds. The molecule has 20 heavy (non-hydrogen) atoms. The summed E-state index contributed by atoms with van der Waals surface area (Å²) in [5, 5.41) is 0. The van der Waals surface area contributed by atoms with Crippen LogP contribution in [-0.4, -0.2) is 5.91 Å². The fraction of sp³-hybridized carbons (Fsp3) is 0.188. The lowest BCUT2D eigenvalue weighted by atomic mass is 9.99. The van der Waals surface area contributed by atoms with Gasteiger partial charge in [0.05, 0.1) is 6.54 Å². The first-order valence-corrected chi connectivity index (χ1v) is 6.57. The Hall–Kier alpha value is -2.36. The maximum atomic E-state index is 13.8. The van der Waals surface area contributed by atoms with Crippen molar-refractivity contribution in [2.24, 2.45) is 0 Å². The molecule has 1 heterocycles. The summed E-state index contributed by atoms with van der Waals surface area (Å²) in [6.07, 6.45) is 1.12. The molecule has 1 aliphatic heterocycles. The molecule has 0 aliphatic carbocycles. The van der Waals surface area contributed by atoms with Gasteiger partial charge in [0, 0.05) is 23.4 Å². The number of anilines is 2. The highest BCUT2D eigenvalue weighted by molar-refractivity contribution is 5.96. The number of nitrogens with two attached hydrogens (primary N) is 1. The minimum atomic E-state index is -0.289. The van der Waals surface area contributed by atoms with Gasteiger partial charge < -0.3 is 10.6 Å². The molecule has 0 atom stereocenters. The van der Waals surface area contributed by atoms with Crippen LogP contribution in [0, 0.1) is 5.82 Å². The lowest BCUT2D eigenvalue weighted by molar-refractivity contribution is -0.119. The van der Waals surface area contributed by atoms with Crippen molar-refractivity contribution in [2.75, 3.05) is 10.6 Å². The number of nitrogens with zero attached hydrogens (tertiary/aromatic N) is 1. The molecule has 102 valence electrons. The molecule has 3 rings (SSSR count). The van der Waals surface area contributed by atoms with Gasteiger partial charge in [0.25, 0.3) is 0 Å². The standard InChI is InChI=1S/C16H15FN2O/c17-14-4-2-1-3-12(14)10-19-15-7-6-13(18)9-11(15)5-8-16(19)20/h1-4,6-7,9H,5,8,10,18H2. The molecule has 0 aromatic heterocycles. The quantitative estimate of drug-likeness (QED) is 0.853. The van der Waals surface area contributed by atoms with E-state index in [9.17, 15) is 9.18 Å². The summed E-state index contributed by atoms with van der Waals surface area (Å²) in [6.45, 7) is 0.252. The summed E-state index contributed by atoms with van der Waals surface area (Å²) in [4.78, 5) is 13.8. The Morgan fingerprint density at radius 2 is 1.95 bits per heavy atom. The van der Waals surface area contributed by atoms with Gasteiger partial charge in [0.15, 0.2) is 0 Å². The maximum absolute atomic E-state index is 13.8. The number of hydrogen-bond donors (Lipinski definition) is 1. The average Bonchev–Trinajstić information content (AvgIpc) is 2.44. The van der Waals surface area contributed by atoms with Gasteiger partial charge in [-0.25, -0.2) is 4.39 Å². The van der Waals surface area contributed by atoms with Gasteiger partial charge >= 0.3 is 0 Å². The highest BCUT2D eigenvalue weighted by Gasteiger charge is 2.24. The van der Waals surface area contributed by atoms with Gasteiger partial charge in [-0.15, -0.1) is 0 Å². The van der Waals surface area contributed by atoms with Gasteiger partial charge in [-0.1, -0.05) is 18.2 Å². The first-order chi connectivity index (χ1) is 9.65. The zero-order valence-electron chi connectivity index (χ0n) is 11.0. The van der Waals surface area contributed by atoms with Crippen molar-refractivity contribution in [3.8, 4) is 0 Å². The van der Waals surface area contributed by atoms with E-state index < -0.39 is 0 Å². The molecule has 2 aromatic rings. The molecular weight excluding hydrogens is 255 g/mol. The van der Waals surface area contributed by atoms with Crippen LogP contribution in [0.4, 0.5) is 15.8 Å². The van der Waals surface area contributed by atoms with Crippen molar-refractivity contribution in [1.29, 1.82) is 0 Å². The van der Waals surface area contributed by atoms with E-state index in [1.54, 1.807) is 29.2 Å². The summed E-state index contributed by atoms with van der Waals surface area (Å²) in [7, 11) is 0. The highest BCUT2D eigenvalue weighted by atomic mass is 19.1. The Balaban J connectivity index is 1.97. The van der Waals surface area contributed by atoms with Crippen LogP contribution in [0.2, 0.25) is 0 Å². The van der Waals surface area contributed by atoms with Gasteiger partial charge in [-0.2, -0.15) is 0 Å². The Morgan fingerprint density at radius 1 is 1.15 bits per heavy atom. The Bertz CT molecular complexity index is 669. The van der Waals surface area contributed by atoms with Crippen LogP contribution in [0.15, 0.2) is 42.5 Å². The molecule has 0 fully saturated rings. The Morgan fingerprint density at radius 3 is 2.75 bits per heavy atom. The van der Waals surface area contributed by atoms with Crippen molar-refractivity contribution in [3.63, 3.8) is 0 Å². The number of carbonyl (C=O) groups excluding carboxylic acids is 1. The van der Waals surface area contributed by atoms with E-state index in [0.717, 1.165) is 11.3 Å². The highest BCUT2D eigenvalue weighted by Crippen LogP contribution is 2.31. The van der Waals surface area contributed by atoms with Crippen molar-refractivity contribution in [1.82, 2.24) is 0 Å². The van der Waals surface area contributed by atoms with Crippen molar-refractivity contribution in [3.05, 3.63) is 59.4 Å². The number of amides is 1. The molecule has 2 N–H and O–H groups in total. The van der Waals surface area contributed by atoms with Gasteiger partial charge in [-0.3, -0.25) is 4.79 Å². The topological polar surface area (TPSA) is 46.3 Å². The predicted molar refractivity (Wildman–Crippen MR) is 76.8 cm³/mol. The summed E-state index contributed by atoms with van der Waals surface area (Å²) >= 11 is 0. The maximum Gasteiger partial charge on any atom is 0.227 e. The Labute approximate surface area is 116 Å². The Kier molecular flexibility index (Phi) is 3.14. The number of nitrogen functional groups attached to an aromatic ring is 1. The molecule has 0 radical (unpaired) electrons. The van der Waals surface area contributed by atoms with Gasteiger partial charge in [-0.05, 0) is 36.2 Å². The number of hydrogen-bond acceptors (Lipinski definition) is 2. The van der Waals surface area contributed by atoms with Gasteiger partial charge in [0.2, 0.25) is 5.91 Å². The molecule has 0 saturated heterocycles. The lowest BCUT2D eigenvalue weighted by Gasteiger charge is -2.29. The largest absolute Gasteiger partial charge is 0.399 e. The van der Waals surface area contributed by atoms with E-state index >= 15 is 0 Å². The number of carbonyl (C=O) groups is 1. The molecule has 0 spiro atoms. The summed E-state index contributed by atoms with van der Waals surface area (Å²) < 4.78 is 13.8. The van der Waals surface area contributed by atoms with Crippen LogP contribution >= 0.6 is 0 Å². The predicted octanol–water partition coefficient (Wildman–Crippen LogP) is 2.89. The molecule has 0 bridgehead atoms. The second-order valence-electron chi connectivity index (χ2n) is 4.96. The first-order valence-electron chi connectivity index (χ1n) is 6.57. The van der Waals surface area contributed by atoms with Crippen LogP contribution in [0.25, 0.3) is 0 Å². The number of benzene rings is 2. The summed E-state index contributed by atoms with van der Waals surface area (Å²) in [5.41, 5.74) is 8.85. The van der Waals surface area contributed by atoms with E-state index in [1.165, 1.54) is 6.07 Å². The number of fused-ring (bicyclic) bond motifs is 1. The van der Waals surface area contributed by atoms with E-state index in [4.69, 9.17) is 5.73 Å². The molecule has 0 saturated carbocycles. The third-order valence-corrected chi connectivity index (χ3v) is 3.59. The summed E-state index contributed by atoms with van der Waals surface area (Å²) in [5.74, 6) is -0.270. The third-order valence-electron chi connectivity index (χ3n) is 3.59. The number of halogens is 1. The van der Waals surface area contributed by atoms with Crippen LogP contribution in [0.1, 0.15) is 17.5 Å². The minimum absolute atomic E-state index is 0.0190. The first kappa shape index (κ1) is 12.7. The van der Waals surface area contributed by atoms with Crippen LogP contribution < -0.4 is 10.6 Å². The smallest absolute Gasteiger partial charge is 0.227 e. The SMILES string of the molecule is Nc1ccc2c(c1)CCC(=O)N2Cc1ccccc1F. The minimum Gasteiger partial charge on any atom is -0.399 e. The molecule has 4 heteroatoms. The lowest BCUT2D eigenvalue weighted by Crippen LogP contribution is -2.34. The normalized spacial score (nSPS) is 14.2. The zero-order valence-corrected chi connectivity index (χ0v) is 11.0. The number of aryl methyl sites for hydroxylation is 1. The van der Waals surface area contributed by atoms with E-state index in [0.29, 0.717) is 24.1 Å². The second-order valence-corrected chi connectivity index (χ2v) is 4.96. The monoisotopic (exact) mass is 270 g/mol. The third kappa shape index (κ3) is 2.25. The van der Waals surface area contributed by atoms with E-state index in [-0.39, 0.29) is 18.3 Å². The number of rotatable bonds is 2. The van der Waals surface area contributed by atoms with Crippen LogP contribution in [0.3, 0.4) is 0 Å². The molecule has 3 nitrogen and oxygen atoms in total. The average molecular weight is 270 g/mol. The van der Waals surface area contributed by atoms with Crippen LogP contribution in [0.5, 0.6) is 0 Å². The molecule has 0 unspecified atom stereocenters. The molecular formula is C16H15FN2O. The summed E-state index contributed by atoms with van der Waals surface area (Å²) in [6, 6.07) is 12.0. The molecule has 1 aliphatic rings. The van der Waals surface area contributed by atoms with E-state index in [1.807, 2.05) is 12.1 Å².